The first kappa shape index (κ1) is 18.1. The van der Waals surface area contributed by atoms with Gasteiger partial charge in [-0.1, -0.05) is 12.8 Å². The Labute approximate surface area is 131 Å². The van der Waals surface area contributed by atoms with E-state index < -0.39 is 21.8 Å². The highest BCUT2D eigenvalue weighted by Gasteiger charge is 2.17. The third-order valence-corrected chi connectivity index (χ3v) is 5.23. The summed E-state index contributed by atoms with van der Waals surface area (Å²) in [5.41, 5.74) is 0. The van der Waals surface area contributed by atoms with Crippen LogP contribution in [0, 0.1) is 5.82 Å². The minimum atomic E-state index is -3.67. The van der Waals surface area contributed by atoms with Crippen molar-refractivity contribution in [2.24, 2.45) is 0 Å². The highest BCUT2D eigenvalue weighted by Crippen LogP contribution is 2.22. The van der Waals surface area contributed by atoms with Crippen molar-refractivity contribution in [2.45, 2.75) is 37.0 Å². The molecule has 8 heteroatoms. The van der Waals surface area contributed by atoms with Crippen molar-refractivity contribution in [3.8, 4) is 0 Å². The van der Waals surface area contributed by atoms with Gasteiger partial charge in [0.25, 0.3) is 0 Å². The summed E-state index contributed by atoms with van der Waals surface area (Å²) in [6, 6.07) is 3.39. The van der Waals surface area contributed by atoms with Gasteiger partial charge in [-0.3, -0.25) is 4.79 Å². The quantitative estimate of drug-likeness (QED) is 0.644. The maximum Gasteiger partial charge on any atom is 0.303 e. The van der Waals surface area contributed by atoms with Gasteiger partial charge in [0, 0.05) is 17.4 Å². The van der Waals surface area contributed by atoms with Gasteiger partial charge in [0.1, 0.15) is 5.82 Å². The highest BCUT2D eigenvalue weighted by atomic mass is 79.9. The van der Waals surface area contributed by atoms with Gasteiger partial charge in [-0.05, 0) is 47.0 Å². The zero-order valence-corrected chi connectivity index (χ0v) is 13.7. The Morgan fingerprint density at radius 1 is 1.24 bits per heavy atom. The molecule has 1 aromatic carbocycles. The number of rotatable bonds is 9. The monoisotopic (exact) mass is 381 g/mol. The van der Waals surface area contributed by atoms with Gasteiger partial charge in [0.05, 0.1) is 4.90 Å². The van der Waals surface area contributed by atoms with E-state index in [2.05, 4.69) is 20.7 Å². The van der Waals surface area contributed by atoms with Crippen LogP contribution in [0.1, 0.15) is 32.1 Å². The molecule has 1 aromatic rings. The number of carboxylic acids is 1. The van der Waals surface area contributed by atoms with E-state index in [1.165, 1.54) is 6.07 Å². The molecule has 5 nitrogen and oxygen atoms in total. The number of carboxylic acid groups (broad SMARTS) is 1. The summed E-state index contributed by atoms with van der Waals surface area (Å²) < 4.78 is 39.5. The molecule has 0 heterocycles. The Bertz CT molecular complexity index is 592. The zero-order valence-electron chi connectivity index (χ0n) is 11.3. The predicted octanol–water partition coefficient (Wildman–Crippen LogP) is 2.90. The van der Waals surface area contributed by atoms with Crippen LogP contribution >= 0.6 is 15.9 Å². The summed E-state index contributed by atoms with van der Waals surface area (Å²) in [7, 11) is -3.67. The van der Waals surface area contributed by atoms with Gasteiger partial charge in [0.2, 0.25) is 10.0 Å². The van der Waals surface area contributed by atoms with Gasteiger partial charge in [-0.25, -0.2) is 17.5 Å². The van der Waals surface area contributed by atoms with Crippen molar-refractivity contribution >= 4 is 31.9 Å². The molecule has 0 spiro atoms. The molecule has 0 saturated carbocycles. The summed E-state index contributed by atoms with van der Waals surface area (Å²) in [6.45, 7) is 0.263. The Balaban J connectivity index is 2.38. The van der Waals surface area contributed by atoms with Crippen LogP contribution in [0.2, 0.25) is 0 Å². The number of sulfonamides is 1. The zero-order chi connectivity index (χ0) is 15.9. The number of halogens is 2. The van der Waals surface area contributed by atoms with Gasteiger partial charge in [-0.2, -0.15) is 0 Å². The molecule has 0 fully saturated rings. The fraction of sp³-hybridized carbons (Fsp3) is 0.462. The second-order valence-electron chi connectivity index (χ2n) is 4.53. The lowest BCUT2D eigenvalue weighted by atomic mass is 10.1. The number of hydrogen-bond acceptors (Lipinski definition) is 3. The number of carbonyl (C=O) groups is 1. The number of unbranched alkanes of at least 4 members (excludes halogenated alkanes) is 3. The van der Waals surface area contributed by atoms with Gasteiger partial charge >= 0.3 is 5.97 Å². The first-order valence-electron chi connectivity index (χ1n) is 6.49. The van der Waals surface area contributed by atoms with Crippen LogP contribution in [0.15, 0.2) is 27.6 Å². The van der Waals surface area contributed by atoms with Crippen LogP contribution in [-0.2, 0) is 14.8 Å². The van der Waals surface area contributed by atoms with Gasteiger partial charge in [0.15, 0.2) is 0 Å². The standard InChI is InChI=1S/C13H17BrFNO4S/c14-11-9-10(15)6-7-12(11)21(19,20)16-8-4-2-1-3-5-13(17)18/h6-7,9,16H,1-5,8H2,(H,17,18). The van der Waals surface area contributed by atoms with E-state index in [0.717, 1.165) is 25.0 Å². The second kappa shape index (κ2) is 8.45. The Morgan fingerprint density at radius 3 is 2.52 bits per heavy atom. The third kappa shape index (κ3) is 6.54. The Morgan fingerprint density at radius 2 is 1.90 bits per heavy atom. The van der Waals surface area contributed by atoms with E-state index in [0.29, 0.717) is 12.8 Å². The van der Waals surface area contributed by atoms with Crippen LogP contribution in [0.5, 0.6) is 0 Å². The van der Waals surface area contributed by atoms with E-state index >= 15 is 0 Å². The van der Waals surface area contributed by atoms with Gasteiger partial charge < -0.3 is 5.11 Å². The average molecular weight is 382 g/mol. The molecule has 0 atom stereocenters. The molecule has 0 aliphatic rings. The van der Waals surface area contributed by atoms with E-state index in [4.69, 9.17) is 5.11 Å². The molecule has 21 heavy (non-hydrogen) atoms. The number of benzene rings is 1. The molecule has 0 aliphatic heterocycles. The van der Waals surface area contributed by atoms with Crippen LogP contribution < -0.4 is 4.72 Å². The molecule has 1 rings (SSSR count). The largest absolute Gasteiger partial charge is 0.481 e. The van der Waals surface area contributed by atoms with Crippen molar-refractivity contribution in [2.75, 3.05) is 6.54 Å². The molecular formula is C13H17BrFNO4S. The number of aliphatic carboxylic acids is 1. The summed E-state index contributed by atoms with van der Waals surface area (Å²) in [5, 5.41) is 8.47. The first-order valence-corrected chi connectivity index (χ1v) is 8.77. The lowest BCUT2D eigenvalue weighted by Gasteiger charge is -2.08. The van der Waals surface area contributed by atoms with Crippen molar-refractivity contribution in [3.63, 3.8) is 0 Å². The fourth-order valence-electron chi connectivity index (χ4n) is 1.73. The average Bonchev–Trinajstić information content (AvgIpc) is 2.36. The fourth-order valence-corrected chi connectivity index (χ4v) is 3.85. The minimum Gasteiger partial charge on any atom is -0.481 e. The van der Waals surface area contributed by atoms with Crippen LogP contribution in [0.4, 0.5) is 4.39 Å². The van der Waals surface area contributed by atoms with Crippen molar-refractivity contribution in [1.82, 2.24) is 4.72 Å². The van der Waals surface area contributed by atoms with Crippen LogP contribution in [-0.4, -0.2) is 26.0 Å². The summed E-state index contributed by atoms with van der Waals surface area (Å²) in [5.74, 6) is -1.34. The number of nitrogens with one attached hydrogen (secondary N) is 1. The molecule has 0 radical (unpaired) electrons. The maximum atomic E-state index is 12.9. The van der Waals surface area contributed by atoms with E-state index in [9.17, 15) is 17.6 Å². The van der Waals surface area contributed by atoms with Gasteiger partial charge in [-0.15, -0.1) is 0 Å². The Hall–Kier alpha value is -0.990. The minimum absolute atomic E-state index is 0.00484. The molecule has 118 valence electrons. The maximum absolute atomic E-state index is 12.9. The Kier molecular flexibility index (Phi) is 7.27. The molecule has 2 N–H and O–H groups in total. The lowest BCUT2D eigenvalue weighted by molar-refractivity contribution is -0.137. The number of hydrogen-bond donors (Lipinski definition) is 2. The normalized spacial score (nSPS) is 11.5. The van der Waals surface area contributed by atoms with Crippen molar-refractivity contribution < 1.29 is 22.7 Å². The first-order chi connectivity index (χ1) is 9.83. The third-order valence-electron chi connectivity index (χ3n) is 2.79. The van der Waals surface area contributed by atoms with Crippen molar-refractivity contribution in [1.29, 1.82) is 0 Å². The SMILES string of the molecule is O=C(O)CCCCCCNS(=O)(=O)c1ccc(F)cc1Br. The van der Waals surface area contributed by atoms with E-state index in [-0.39, 0.29) is 22.3 Å². The summed E-state index contributed by atoms with van der Waals surface area (Å²) in [6.07, 6.45) is 2.84. The second-order valence-corrected chi connectivity index (χ2v) is 7.12. The smallest absolute Gasteiger partial charge is 0.303 e. The molecular weight excluding hydrogens is 365 g/mol. The van der Waals surface area contributed by atoms with Crippen LogP contribution in [0.25, 0.3) is 0 Å². The highest BCUT2D eigenvalue weighted by molar-refractivity contribution is 9.10. The summed E-state index contributed by atoms with van der Waals surface area (Å²) >= 11 is 3.02. The molecule has 0 aromatic heterocycles. The van der Waals surface area contributed by atoms with Crippen molar-refractivity contribution in [3.05, 3.63) is 28.5 Å². The molecule has 0 amide bonds. The lowest BCUT2D eigenvalue weighted by Crippen LogP contribution is -2.25. The topological polar surface area (TPSA) is 83.5 Å². The van der Waals surface area contributed by atoms with E-state index in [1.807, 2.05) is 0 Å². The molecule has 0 aliphatic carbocycles. The predicted molar refractivity (Wildman–Crippen MR) is 80.0 cm³/mol. The van der Waals surface area contributed by atoms with Crippen LogP contribution in [0.3, 0.4) is 0 Å². The molecule has 0 unspecified atom stereocenters. The van der Waals surface area contributed by atoms with E-state index in [1.54, 1.807) is 0 Å². The molecule has 0 saturated heterocycles. The molecule has 0 bridgehead atoms. The summed E-state index contributed by atoms with van der Waals surface area (Å²) in [4.78, 5) is 10.3.